The van der Waals surface area contributed by atoms with Crippen LogP contribution in [0.2, 0.25) is 0 Å². The molecule has 1 fully saturated rings. The van der Waals surface area contributed by atoms with Gasteiger partial charge in [0, 0.05) is 12.3 Å². The number of aromatic amines is 1. The number of nitrogens with one attached hydrogen (secondary N) is 1. The summed E-state index contributed by atoms with van der Waals surface area (Å²) in [7, 11) is 0. The predicted octanol–water partition coefficient (Wildman–Crippen LogP) is 1.57. The smallest absolute Gasteiger partial charge is 0.330 e. The van der Waals surface area contributed by atoms with Crippen molar-refractivity contribution in [2.45, 2.75) is 44.4 Å². The quantitative estimate of drug-likeness (QED) is 0.825. The highest BCUT2D eigenvalue weighted by molar-refractivity contribution is 4.89. The Hall–Kier alpha value is -1.62. The van der Waals surface area contributed by atoms with Crippen LogP contribution in [0.25, 0.3) is 0 Å². The second kappa shape index (κ2) is 5.82. The molecule has 0 spiro atoms. The molecule has 0 unspecified atom stereocenters. The molecule has 0 radical (unpaired) electrons. The van der Waals surface area contributed by atoms with Crippen LogP contribution in [0.15, 0.2) is 34.5 Å². The Morgan fingerprint density at radius 2 is 2.11 bits per heavy atom. The van der Waals surface area contributed by atoms with Crippen molar-refractivity contribution < 1.29 is 4.74 Å². The highest BCUT2D eigenvalue weighted by Crippen LogP contribution is 2.24. The zero-order chi connectivity index (χ0) is 13.0. The minimum atomic E-state index is -0.516. The van der Waals surface area contributed by atoms with E-state index >= 15 is 0 Å². The molecule has 0 aromatic carbocycles. The average molecular weight is 250 g/mol. The van der Waals surface area contributed by atoms with Crippen molar-refractivity contribution in [2.75, 3.05) is 0 Å². The Kier molecular flexibility index (Phi) is 4.15. The van der Waals surface area contributed by atoms with E-state index < -0.39 is 17.5 Å². The first-order valence-corrected chi connectivity index (χ1v) is 6.30. The van der Waals surface area contributed by atoms with Crippen LogP contribution in [0, 0.1) is 0 Å². The maximum absolute atomic E-state index is 11.7. The SMILES string of the molecule is C=C[C@H](OC1CCCCC1)n1ccc(=O)[nH]c1=O. The van der Waals surface area contributed by atoms with Crippen LogP contribution in [0.4, 0.5) is 0 Å². The summed E-state index contributed by atoms with van der Waals surface area (Å²) in [5.74, 6) is 0. The van der Waals surface area contributed by atoms with Gasteiger partial charge in [0.2, 0.25) is 0 Å². The molecule has 1 aromatic rings. The third kappa shape index (κ3) is 2.98. The highest BCUT2D eigenvalue weighted by Gasteiger charge is 2.19. The minimum Gasteiger partial charge on any atom is -0.351 e. The summed E-state index contributed by atoms with van der Waals surface area (Å²) in [5, 5.41) is 0. The number of ether oxygens (including phenoxy) is 1. The van der Waals surface area contributed by atoms with Gasteiger partial charge in [-0.25, -0.2) is 4.79 Å². The zero-order valence-electron chi connectivity index (χ0n) is 10.3. The highest BCUT2D eigenvalue weighted by atomic mass is 16.5. The van der Waals surface area contributed by atoms with Crippen molar-refractivity contribution in [2.24, 2.45) is 0 Å². The fourth-order valence-corrected chi connectivity index (χ4v) is 2.26. The van der Waals surface area contributed by atoms with Crippen molar-refractivity contribution in [1.82, 2.24) is 9.55 Å². The molecule has 1 aliphatic rings. The summed E-state index contributed by atoms with van der Waals surface area (Å²) < 4.78 is 7.22. The van der Waals surface area contributed by atoms with Gasteiger partial charge in [-0.3, -0.25) is 14.3 Å². The molecule has 98 valence electrons. The number of H-pyrrole nitrogens is 1. The van der Waals surface area contributed by atoms with Gasteiger partial charge in [0.25, 0.3) is 5.56 Å². The molecule has 1 N–H and O–H groups in total. The zero-order valence-corrected chi connectivity index (χ0v) is 10.3. The number of rotatable bonds is 4. The van der Waals surface area contributed by atoms with E-state index in [1.54, 1.807) is 6.08 Å². The van der Waals surface area contributed by atoms with Crippen LogP contribution < -0.4 is 11.2 Å². The van der Waals surface area contributed by atoms with Gasteiger partial charge in [-0.1, -0.05) is 25.8 Å². The van der Waals surface area contributed by atoms with Crippen LogP contribution in [0.3, 0.4) is 0 Å². The van der Waals surface area contributed by atoms with Gasteiger partial charge < -0.3 is 4.74 Å². The Morgan fingerprint density at radius 1 is 1.39 bits per heavy atom. The molecule has 0 bridgehead atoms. The molecule has 0 aliphatic heterocycles. The van der Waals surface area contributed by atoms with E-state index in [0.717, 1.165) is 25.7 Å². The molecule has 1 atom stereocenters. The van der Waals surface area contributed by atoms with Gasteiger partial charge in [0.05, 0.1) is 6.10 Å². The fraction of sp³-hybridized carbons (Fsp3) is 0.538. The molecule has 5 nitrogen and oxygen atoms in total. The minimum absolute atomic E-state index is 0.167. The van der Waals surface area contributed by atoms with Crippen LogP contribution in [-0.4, -0.2) is 15.7 Å². The maximum Gasteiger partial charge on any atom is 0.330 e. The van der Waals surface area contributed by atoms with Crippen LogP contribution >= 0.6 is 0 Å². The molecule has 2 rings (SSSR count). The number of nitrogens with zero attached hydrogens (tertiary/aromatic N) is 1. The van der Waals surface area contributed by atoms with Gasteiger partial charge in [-0.2, -0.15) is 0 Å². The lowest BCUT2D eigenvalue weighted by molar-refractivity contribution is -0.0438. The van der Waals surface area contributed by atoms with E-state index in [1.165, 1.54) is 23.3 Å². The Balaban J connectivity index is 2.14. The summed E-state index contributed by atoms with van der Waals surface area (Å²) in [6.07, 6.45) is 8.27. The van der Waals surface area contributed by atoms with E-state index in [9.17, 15) is 9.59 Å². The van der Waals surface area contributed by atoms with E-state index in [0.29, 0.717) is 0 Å². The summed E-state index contributed by atoms with van der Waals surface area (Å²) in [4.78, 5) is 24.9. The maximum atomic E-state index is 11.7. The molecule has 5 heteroatoms. The van der Waals surface area contributed by atoms with Crippen molar-refractivity contribution >= 4 is 0 Å². The van der Waals surface area contributed by atoms with E-state index in [4.69, 9.17) is 4.74 Å². The van der Waals surface area contributed by atoms with Gasteiger partial charge in [0.1, 0.15) is 0 Å². The predicted molar refractivity (Wildman–Crippen MR) is 68.5 cm³/mol. The van der Waals surface area contributed by atoms with Gasteiger partial charge in [0.15, 0.2) is 6.23 Å². The van der Waals surface area contributed by atoms with Gasteiger partial charge in [-0.15, -0.1) is 0 Å². The second-order valence-electron chi connectivity index (χ2n) is 4.54. The van der Waals surface area contributed by atoms with Crippen LogP contribution in [0.1, 0.15) is 38.3 Å². The van der Waals surface area contributed by atoms with Crippen molar-refractivity contribution in [1.29, 1.82) is 0 Å². The number of hydrogen-bond acceptors (Lipinski definition) is 3. The first kappa shape index (κ1) is 12.8. The molecule has 1 saturated carbocycles. The Morgan fingerprint density at radius 3 is 2.72 bits per heavy atom. The second-order valence-corrected chi connectivity index (χ2v) is 4.54. The lowest BCUT2D eigenvalue weighted by Gasteiger charge is -2.26. The molecule has 1 aliphatic carbocycles. The van der Waals surface area contributed by atoms with Gasteiger partial charge in [-0.05, 0) is 18.9 Å². The lowest BCUT2D eigenvalue weighted by Crippen LogP contribution is -2.33. The summed E-state index contributed by atoms with van der Waals surface area (Å²) in [6, 6.07) is 1.31. The van der Waals surface area contributed by atoms with E-state index in [1.807, 2.05) is 0 Å². The molecule has 18 heavy (non-hydrogen) atoms. The molecule has 0 amide bonds. The third-order valence-corrected chi connectivity index (χ3v) is 3.21. The van der Waals surface area contributed by atoms with Crippen LogP contribution in [0.5, 0.6) is 0 Å². The normalized spacial score (nSPS) is 18.4. The standard InChI is InChI=1S/C13H18N2O3/c1-2-12(18-10-6-4-3-5-7-10)15-9-8-11(16)14-13(15)17/h2,8-10,12H,1,3-7H2,(H,14,16,17)/t12-/m0/s1. The summed E-state index contributed by atoms with van der Waals surface area (Å²) in [5.41, 5.74) is -0.875. The molecule has 0 saturated heterocycles. The monoisotopic (exact) mass is 250 g/mol. The Labute approximate surface area is 105 Å². The molecule has 1 aromatic heterocycles. The van der Waals surface area contributed by atoms with E-state index in [2.05, 4.69) is 11.6 Å². The third-order valence-electron chi connectivity index (χ3n) is 3.21. The van der Waals surface area contributed by atoms with Crippen LogP contribution in [-0.2, 0) is 4.74 Å². The number of hydrogen-bond donors (Lipinski definition) is 1. The van der Waals surface area contributed by atoms with Gasteiger partial charge >= 0.3 is 5.69 Å². The average Bonchev–Trinajstić information content (AvgIpc) is 2.38. The molecular formula is C13H18N2O3. The fourth-order valence-electron chi connectivity index (χ4n) is 2.26. The topological polar surface area (TPSA) is 64.1 Å². The van der Waals surface area contributed by atoms with Crippen molar-refractivity contribution in [3.63, 3.8) is 0 Å². The van der Waals surface area contributed by atoms with E-state index in [-0.39, 0.29) is 6.10 Å². The molecular weight excluding hydrogens is 232 g/mol. The first-order chi connectivity index (χ1) is 8.70. The number of aromatic nitrogens is 2. The lowest BCUT2D eigenvalue weighted by atomic mass is 9.98. The van der Waals surface area contributed by atoms with Crippen molar-refractivity contribution in [3.8, 4) is 0 Å². The Bertz CT molecular complexity index is 511. The molecule has 1 heterocycles. The largest absolute Gasteiger partial charge is 0.351 e. The summed E-state index contributed by atoms with van der Waals surface area (Å²) >= 11 is 0. The first-order valence-electron chi connectivity index (χ1n) is 6.30. The van der Waals surface area contributed by atoms with Crippen molar-refractivity contribution in [3.05, 3.63) is 45.8 Å². The summed E-state index contributed by atoms with van der Waals surface area (Å²) in [6.45, 7) is 3.69.